The van der Waals surface area contributed by atoms with Gasteiger partial charge in [0.25, 0.3) is 0 Å². The summed E-state index contributed by atoms with van der Waals surface area (Å²) >= 11 is 0. The molecule has 0 aliphatic carbocycles. The van der Waals surface area contributed by atoms with Crippen LogP contribution in [0.25, 0.3) is 0 Å². The number of benzene rings is 1. The van der Waals surface area contributed by atoms with Gasteiger partial charge >= 0.3 is 0 Å². The lowest BCUT2D eigenvalue weighted by Gasteiger charge is -2.14. The highest BCUT2D eigenvalue weighted by molar-refractivity contribution is 5.14. The van der Waals surface area contributed by atoms with Gasteiger partial charge in [-0.05, 0) is 25.1 Å². The Labute approximate surface area is 116 Å². The molecule has 0 radical (unpaired) electrons. The summed E-state index contributed by atoms with van der Waals surface area (Å²) < 4.78 is 0. The molecule has 0 aliphatic heterocycles. The van der Waals surface area contributed by atoms with E-state index in [-0.39, 0.29) is 6.17 Å². The fourth-order valence-electron chi connectivity index (χ4n) is 1.76. The quantitative estimate of drug-likeness (QED) is 0.277. The zero-order valence-electron chi connectivity index (χ0n) is 11.6. The maximum absolute atomic E-state index is 5.89. The second kappa shape index (κ2) is 10.9. The third-order valence-corrected chi connectivity index (χ3v) is 2.79. The number of rotatable bonds is 11. The third-order valence-electron chi connectivity index (χ3n) is 2.79. The van der Waals surface area contributed by atoms with Crippen LogP contribution in [0.5, 0.6) is 0 Å². The van der Waals surface area contributed by atoms with E-state index in [9.17, 15) is 0 Å². The van der Waals surface area contributed by atoms with Crippen molar-refractivity contribution in [1.82, 2.24) is 16.0 Å². The van der Waals surface area contributed by atoms with Crippen LogP contribution in [-0.2, 0) is 6.54 Å². The van der Waals surface area contributed by atoms with Crippen LogP contribution in [0.3, 0.4) is 0 Å². The Morgan fingerprint density at radius 2 is 1.79 bits per heavy atom. The molecule has 0 spiro atoms. The Morgan fingerprint density at radius 1 is 1.00 bits per heavy atom. The molecule has 1 aromatic carbocycles. The summed E-state index contributed by atoms with van der Waals surface area (Å²) in [5.74, 6) is 0. The summed E-state index contributed by atoms with van der Waals surface area (Å²) in [6, 6.07) is 10.4. The molecule has 0 bridgehead atoms. The summed E-state index contributed by atoms with van der Waals surface area (Å²) in [5, 5.41) is 9.87. The molecule has 19 heavy (non-hydrogen) atoms. The van der Waals surface area contributed by atoms with E-state index in [0.717, 1.165) is 39.1 Å². The molecule has 5 heteroatoms. The van der Waals surface area contributed by atoms with Gasteiger partial charge in [-0.2, -0.15) is 0 Å². The number of nitrogens with two attached hydrogens (primary N) is 2. The summed E-state index contributed by atoms with van der Waals surface area (Å²) in [7, 11) is 0. The maximum Gasteiger partial charge on any atom is 0.0675 e. The fraction of sp³-hybridized carbons (Fsp3) is 0.571. The van der Waals surface area contributed by atoms with Gasteiger partial charge in [-0.25, -0.2) is 0 Å². The lowest BCUT2D eigenvalue weighted by molar-refractivity contribution is 0.476. The smallest absolute Gasteiger partial charge is 0.0675 e. The lowest BCUT2D eigenvalue weighted by atomic mass is 10.2. The van der Waals surface area contributed by atoms with E-state index in [2.05, 4.69) is 40.2 Å². The Bertz CT molecular complexity index is 304. The van der Waals surface area contributed by atoms with Gasteiger partial charge in [-0.1, -0.05) is 30.3 Å². The minimum absolute atomic E-state index is 0.000623. The van der Waals surface area contributed by atoms with Crippen LogP contribution in [0, 0.1) is 0 Å². The van der Waals surface area contributed by atoms with Gasteiger partial charge in [-0.3, -0.25) is 0 Å². The molecule has 0 amide bonds. The van der Waals surface area contributed by atoms with Gasteiger partial charge in [-0.15, -0.1) is 0 Å². The summed E-state index contributed by atoms with van der Waals surface area (Å²) in [6.07, 6.45) is 1.07. The van der Waals surface area contributed by atoms with Gasteiger partial charge in [0.05, 0.1) is 6.17 Å². The Morgan fingerprint density at radius 3 is 2.53 bits per heavy atom. The van der Waals surface area contributed by atoms with Crippen molar-refractivity contribution in [3.05, 3.63) is 35.9 Å². The minimum atomic E-state index is 0.000623. The molecule has 1 atom stereocenters. The van der Waals surface area contributed by atoms with E-state index in [1.54, 1.807) is 0 Å². The first-order chi connectivity index (χ1) is 9.33. The molecule has 0 aliphatic rings. The molecule has 0 saturated carbocycles. The molecule has 7 N–H and O–H groups in total. The standard InChI is InChI=1S/C14H27N5/c15-7-10-18-12-14(16)19-9-4-8-17-11-13-5-2-1-3-6-13/h1-3,5-6,14,17-19H,4,7-12,15-16H2/t14-/m0/s1. The van der Waals surface area contributed by atoms with Crippen molar-refractivity contribution in [2.75, 3.05) is 32.7 Å². The molecule has 0 heterocycles. The maximum atomic E-state index is 5.89. The second-order valence-electron chi connectivity index (χ2n) is 4.57. The van der Waals surface area contributed by atoms with Crippen LogP contribution in [0.4, 0.5) is 0 Å². The SMILES string of the molecule is NCCNC[C@@H](N)NCCCNCc1ccccc1. The van der Waals surface area contributed by atoms with Crippen LogP contribution in [-0.4, -0.2) is 38.9 Å². The first-order valence-corrected chi connectivity index (χ1v) is 6.97. The Balaban J connectivity index is 1.91. The van der Waals surface area contributed by atoms with Crippen LogP contribution in [0.1, 0.15) is 12.0 Å². The van der Waals surface area contributed by atoms with E-state index in [4.69, 9.17) is 11.5 Å². The molecule has 0 fully saturated rings. The van der Waals surface area contributed by atoms with Crippen LogP contribution in [0.15, 0.2) is 30.3 Å². The number of hydrogen-bond acceptors (Lipinski definition) is 5. The highest BCUT2D eigenvalue weighted by atomic mass is 15.1. The Hall–Kier alpha value is -0.980. The first-order valence-electron chi connectivity index (χ1n) is 6.97. The summed E-state index contributed by atoms with van der Waals surface area (Å²) in [4.78, 5) is 0. The minimum Gasteiger partial charge on any atom is -0.329 e. The number of hydrogen-bond donors (Lipinski definition) is 5. The molecule has 5 nitrogen and oxygen atoms in total. The van der Waals surface area contributed by atoms with Gasteiger partial charge in [0.2, 0.25) is 0 Å². The molecular weight excluding hydrogens is 238 g/mol. The average molecular weight is 265 g/mol. The molecule has 0 unspecified atom stereocenters. The van der Waals surface area contributed by atoms with Gasteiger partial charge in [0.15, 0.2) is 0 Å². The predicted octanol–water partition coefficient (Wildman–Crippen LogP) is -0.411. The van der Waals surface area contributed by atoms with Crippen molar-refractivity contribution in [3.8, 4) is 0 Å². The van der Waals surface area contributed by atoms with Crippen molar-refractivity contribution in [1.29, 1.82) is 0 Å². The van der Waals surface area contributed by atoms with Crippen molar-refractivity contribution in [3.63, 3.8) is 0 Å². The van der Waals surface area contributed by atoms with Crippen molar-refractivity contribution >= 4 is 0 Å². The predicted molar refractivity (Wildman–Crippen MR) is 80.7 cm³/mol. The van der Waals surface area contributed by atoms with Crippen LogP contribution in [0.2, 0.25) is 0 Å². The Kier molecular flexibility index (Phi) is 9.22. The van der Waals surface area contributed by atoms with E-state index < -0.39 is 0 Å². The zero-order valence-corrected chi connectivity index (χ0v) is 11.6. The van der Waals surface area contributed by atoms with E-state index in [1.165, 1.54) is 5.56 Å². The van der Waals surface area contributed by atoms with E-state index >= 15 is 0 Å². The van der Waals surface area contributed by atoms with Crippen molar-refractivity contribution < 1.29 is 0 Å². The second-order valence-corrected chi connectivity index (χ2v) is 4.57. The molecule has 0 aromatic heterocycles. The topological polar surface area (TPSA) is 88.1 Å². The van der Waals surface area contributed by atoms with Gasteiger partial charge in [0, 0.05) is 26.2 Å². The van der Waals surface area contributed by atoms with E-state index in [1.807, 2.05) is 6.07 Å². The molecule has 0 saturated heterocycles. The highest BCUT2D eigenvalue weighted by Gasteiger charge is 1.99. The molecule has 1 rings (SSSR count). The van der Waals surface area contributed by atoms with Gasteiger partial charge < -0.3 is 27.4 Å². The fourth-order valence-corrected chi connectivity index (χ4v) is 1.76. The zero-order chi connectivity index (χ0) is 13.8. The largest absolute Gasteiger partial charge is 0.329 e. The van der Waals surface area contributed by atoms with Crippen molar-refractivity contribution in [2.45, 2.75) is 19.1 Å². The summed E-state index contributed by atoms with van der Waals surface area (Å²) in [6.45, 7) is 5.06. The summed E-state index contributed by atoms with van der Waals surface area (Å²) in [5.41, 5.74) is 12.6. The van der Waals surface area contributed by atoms with Gasteiger partial charge in [0.1, 0.15) is 0 Å². The van der Waals surface area contributed by atoms with Crippen LogP contribution < -0.4 is 27.4 Å². The normalized spacial score (nSPS) is 12.5. The molecular formula is C14H27N5. The van der Waals surface area contributed by atoms with Crippen molar-refractivity contribution in [2.24, 2.45) is 11.5 Å². The number of nitrogens with one attached hydrogen (secondary N) is 3. The van der Waals surface area contributed by atoms with E-state index in [0.29, 0.717) is 6.54 Å². The third kappa shape index (κ3) is 8.69. The molecule has 108 valence electrons. The molecule has 1 aromatic rings. The average Bonchev–Trinajstić information content (AvgIpc) is 2.44. The first kappa shape index (κ1) is 16.1. The lowest BCUT2D eigenvalue weighted by Crippen LogP contribution is -2.46. The highest BCUT2D eigenvalue weighted by Crippen LogP contribution is 1.96. The monoisotopic (exact) mass is 265 g/mol. The van der Waals surface area contributed by atoms with Crippen LogP contribution >= 0.6 is 0 Å².